The van der Waals surface area contributed by atoms with Crippen molar-refractivity contribution in [3.05, 3.63) is 36.5 Å². The van der Waals surface area contributed by atoms with Crippen LogP contribution in [0.25, 0.3) is 0 Å². The van der Waals surface area contributed by atoms with Gasteiger partial charge in [0, 0.05) is 6.04 Å². The van der Waals surface area contributed by atoms with E-state index < -0.39 is 0 Å². The van der Waals surface area contributed by atoms with Gasteiger partial charge in [0.05, 0.1) is 6.61 Å². The number of ether oxygens (including phenoxy) is 1. The number of allylic oxidation sites excluding steroid dienone is 1. The minimum atomic E-state index is -0.383. The molecule has 0 bridgehead atoms. The summed E-state index contributed by atoms with van der Waals surface area (Å²) >= 11 is 0. The molecule has 1 aromatic heterocycles. The maximum Gasteiger partial charge on any atom is 0.357 e. The van der Waals surface area contributed by atoms with Gasteiger partial charge >= 0.3 is 5.97 Å². The standard InChI is InChI=1S/C14H20N2O2/c1-4-5-6-10-18-14(17)12-8-7-9-13(16-12)15-11(2)3/h4,7-9,11H,1,5-6,10H2,2-3H3,(H,15,16). The fourth-order valence-corrected chi connectivity index (χ4v) is 1.39. The lowest BCUT2D eigenvalue weighted by atomic mass is 10.3. The summed E-state index contributed by atoms with van der Waals surface area (Å²) in [6.07, 6.45) is 3.44. The van der Waals surface area contributed by atoms with E-state index in [1.807, 2.05) is 19.9 Å². The first-order valence-electron chi connectivity index (χ1n) is 6.15. The highest BCUT2D eigenvalue weighted by atomic mass is 16.5. The van der Waals surface area contributed by atoms with Gasteiger partial charge in [0.1, 0.15) is 5.82 Å². The first-order valence-corrected chi connectivity index (χ1v) is 6.15. The summed E-state index contributed by atoms with van der Waals surface area (Å²) < 4.78 is 5.11. The number of carbonyl (C=O) groups is 1. The van der Waals surface area contributed by atoms with E-state index in [1.54, 1.807) is 18.2 Å². The van der Waals surface area contributed by atoms with E-state index >= 15 is 0 Å². The molecule has 98 valence electrons. The van der Waals surface area contributed by atoms with Crippen molar-refractivity contribution in [2.75, 3.05) is 11.9 Å². The molecular formula is C14H20N2O2. The number of hydrogen-bond acceptors (Lipinski definition) is 4. The molecule has 0 spiro atoms. The lowest BCUT2D eigenvalue weighted by Crippen LogP contribution is -2.14. The summed E-state index contributed by atoms with van der Waals surface area (Å²) in [5.74, 6) is 0.303. The molecule has 0 aromatic carbocycles. The number of rotatable bonds is 7. The van der Waals surface area contributed by atoms with Crippen LogP contribution in [-0.4, -0.2) is 23.6 Å². The zero-order valence-corrected chi connectivity index (χ0v) is 11.0. The Balaban J connectivity index is 2.54. The molecule has 1 heterocycles. The van der Waals surface area contributed by atoms with E-state index in [9.17, 15) is 4.79 Å². The van der Waals surface area contributed by atoms with Gasteiger partial charge in [0.15, 0.2) is 5.69 Å². The Morgan fingerprint density at radius 2 is 2.33 bits per heavy atom. The maximum atomic E-state index is 11.7. The van der Waals surface area contributed by atoms with Gasteiger partial charge in [-0.1, -0.05) is 12.1 Å². The van der Waals surface area contributed by atoms with Crippen LogP contribution in [0.5, 0.6) is 0 Å². The molecule has 4 nitrogen and oxygen atoms in total. The highest BCUT2D eigenvalue weighted by molar-refractivity contribution is 5.87. The van der Waals surface area contributed by atoms with Crippen molar-refractivity contribution in [3.63, 3.8) is 0 Å². The van der Waals surface area contributed by atoms with E-state index in [2.05, 4.69) is 16.9 Å². The molecular weight excluding hydrogens is 228 g/mol. The molecule has 1 N–H and O–H groups in total. The number of esters is 1. The summed E-state index contributed by atoms with van der Waals surface area (Å²) in [7, 11) is 0. The maximum absolute atomic E-state index is 11.7. The molecule has 0 radical (unpaired) electrons. The number of unbranched alkanes of at least 4 members (excludes halogenated alkanes) is 1. The molecule has 4 heteroatoms. The fraction of sp³-hybridized carbons (Fsp3) is 0.429. The van der Waals surface area contributed by atoms with Crippen LogP contribution in [0, 0.1) is 0 Å². The molecule has 0 fully saturated rings. The van der Waals surface area contributed by atoms with Gasteiger partial charge in [-0.05, 0) is 38.8 Å². The van der Waals surface area contributed by atoms with Crippen LogP contribution in [0.1, 0.15) is 37.2 Å². The third-order valence-corrected chi connectivity index (χ3v) is 2.18. The minimum Gasteiger partial charge on any atom is -0.461 e. The first-order chi connectivity index (χ1) is 8.63. The van der Waals surface area contributed by atoms with Crippen LogP contribution in [0.15, 0.2) is 30.9 Å². The molecule has 18 heavy (non-hydrogen) atoms. The molecule has 1 aromatic rings. The molecule has 0 atom stereocenters. The number of hydrogen-bond donors (Lipinski definition) is 1. The second-order valence-electron chi connectivity index (χ2n) is 4.27. The number of nitrogens with zero attached hydrogens (tertiary/aromatic N) is 1. The Bertz CT molecular complexity index is 403. The third-order valence-electron chi connectivity index (χ3n) is 2.18. The highest BCUT2D eigenvalue weighted by Gasteiger charge is 2.09. The van der Waals surface area contributed by atoms with Gasteiger partial charge < -0.3 is 10.1 Å². The average Bonchev–Trinajstić information content (AvgIpc) is 2.34. The van der Waals surface area contributed by atoms with Gasteiger partial charge in [0.25, 0.3) is 0 Å². The summed E-state index contributed by atoms with van der Waals surface area (Å²) in [4.78, 5) is 15.9. The Morgan fingerprint density at radius 1 is 1.56 bits per heavy atom. The predicted molar refractivity (Wildman–Crippen MR) is 72.7 cm³/mol. The zero-order valence-electron chi connectivity index (χ0n) is 11.0. The Morgan fingerprint density at radius 3 is 3.00 bits per heavy atom. The molecule has 1 rings (SSSR count). The number of anilines is 1. The summed E-state index contributed by atoms with van der Waals surface area (Å²) in [6, 6.07) is 5.55. The van der Waals surface area contributed by atoms with Crippen molar-refractivity contribution < 1.29 is 9.53 Å². The van der Waals surface area contributed by atoms with Gasteiger partial charge in [-0.2, -0.15) is 0 Å². The normalized spacial score (nSPS) is 10.2. The van der Waals surface area contributed by atoms with Gasteiger partial charge in [-0.25, -0.2) is 9.78 Å². The summed E-state index contributed by atoms with van der Waals surface area (Å²) in [6.45, 7) is 8.04. The van der Waals surface area contributed by atoms with E-state index in [1.165, 1.54) is 0 Å². The van der Waals surface area contributed by atoms with Crippen LogP contribution in [0.2, 0.25) is 0 Å². The Kier molecular flexibility index (Phi) is 5.91. The van der Waals surface area contributed by atoms with E-state index in [0.717, 1.165) is 12.8 Å². The molecule has 0 aliphatic carbocycles. The fourth-order valence-electron chi connectivity index (χ4n) is 1.39. The lowest BCUT2D eigenvalue weighted by Gasteiger charge is -2.09. The zero-order chi connectivity index (χ0) is 13.4. The lowest BCUT2D eigenvalue weighted by molar-refractivity contribution is 0.0494. The molecule has 0 saturated heterocycles. The van der Waals surface area contributed by atoms with E-state index in [-0.39, 0.29) is 12.0 Å². The summed E-state index contributed by atoms with van der Waals surface area (Å²) in [5.41, 5.74) is 0.333. The highest BCUT2D eigenvalue weighted by Crippen LogP contribution is 2.07. The predicted octanol–water partition coefficient (Wildman–Crippen LogP) is 3.02. The van der Waals surface area contributed by atoms with Crippen molar-refractivity contribution in [3.8, 4) is 0 Å². The van der Waals surface area contributed by atoms with Crippen molar-refractivity contribution in [2.45, 2.75) is 32.7 Å². The quantitative estimate of drug-likeness (QED) is 0.458. The largest absolute Gasteiger partial charge is 0.461 e. The third kappa shape index (κ3) is 4.99. The van der Waals surface area contributed by atoms with Crippen LogP contribution in [-0.2, 0) is 4.74 Å². The van der Waals surface area contributed by atoms with E-state index in [4.69, 9.17) is 4.74 Å². The van der Waals surface area contributed by atoms with Gasteiger partial charge in [0.2, 0.25) is 0 Å². The molecule has 0 saturated carbocycles. The van der Waals surface area contributed by atoms with Gasteiger partial charge in [-0.15, -0.1) is 6.58 Å². The molecule has 0 unspecified atom stereocenters. The Labute approximate surface area is 108 Å². The van der Waals surface area contributed by atoms with E-state index in [0.29, 0.717) is 18.1 Å². The van der Waals surface area contributed by atoms with Crippen molar-refractivity contribution >= 4 is 11.8 Å². The monoisotopic (exact) mass is 248 g/mol. The molecule has 0 aliphatic rings. The van der Waals surface area contributed by atoms with Crippen molar-refractivity contribution in [1.29, 1.82) is 0 Å². The SMILES string of the molecule is C=CCCCOC(=O)c1cccc(NC(C)C)n1. The van der Waals surface area contributed by atoms with Crippen LogP contribution in [0.3, 0.4) is 0 Å². The van der Waals surface area contributed by atoms with Crippen LogP contribution >= 0.6 is 0 Å². The second-order valence-corrected chi connectivity index (χ2v) is 4.27. The number of pyridine rings is 1. The van der Waals surface area contributed by atoms with Crippen LogP contribution in [0.4, 0.5) is 5.82 Å². The number of carbonyl (C=O) groups excluding carboxylic acids is 1. The van der Waals surface area contributed by atoms with Crippen molar-refractivity contribution in [2.24, 2.45) is 0 Å². The molecule has 0 amide bonds. The van der Waals surface area contributed by atoms with Gasteiger partial charge in [-0.3, -0.25) is 0 Å². The summed E-state index contributed by atoms with van der Waals surface area (Å²) in [5, 5.41) is 3.14. The van der Waals surface area contributed by atoms with Crippen LogP contribution < -0.4 is 5.32 Å². The first kappa shape index (κ1) is 14.2. The number of nitrogens with one attached hydrogen (secondary N) is 1. The second kappa shape index (κ2) is 7.48. The number of aromatic nitrogens is 1. The van der Waals surface area contributed by atoms with Crippen molar-refractivity contribution in [1.82, 2.24) is 4.98 Å². The minimum absolute atomic E-state index is 0.274. The smallest absolute Gasteiger partial charge is 0.357 e. The Hall–Kier alpha value is -1.84. The molecule has 0 aliphatic heterocycles. The average molecular weight is 248 g/mol. The topological polar surface area (TPSA) is 51.2 Å².